The second kappa shape index (κ2) is 10.0. The van der Waals surface area contributed by atoms with E-state index in [0.717, 1.165) is 26.9 Å². The molecule has 29 heavy (non-hydrogen) atoms. The Labute approximate surface area is 188 Å². The predicted molar refractivity (Wildman–Crippen MR) is 124 cm³/mol. The van der Waals surface area contributed by atoms with Gasteiger partial charge in [0.15, 0.2) is 11.5 Å². The van der Waals surface area contributed by atoms with Gasteiger partial charge in [0, 0.05) is 15.6 Å². The lowest BCUT2D eigenvalue weighted by molar-refractivity contribution is 0.282. The van der Waals surface area contributed by atoms with Crippen LogP contribution in [0, 0.1) is 6.92 Å². The largest absolute Gasteiger partial charge is 0.493 e. The van der Waals surface area contributed by atoms with Crippen molar-refractivity contribution in [2.24, 2.45) is 5.10 Å². The predicted octanol–water partition coefficient (Wildman–Crippen LogP) is 7.10. The third-order valence-corrected chi connectivity index (χ3v) is 5.62. The number of rotatable bonds is 7. The van der Waals surface area contributed by atoms with Gasteiger partial charge in [-0.15, -0.1) is 0 Å². The summed E-state index contributed by atoms with van der Waals surface area (Å²) in [5.74, 6) is 1.19. The SMILES string of the molecule is COc1cc(C=NNc2cccc(Cl)c2C)cc(Br)c1OCc1ccccc1Cl. The number of methoxy groups -OCH3 is 1. The Morgan fingerprint density at radius 1 is 1.07 bits per heavy atom. The Morgan fingerprint density at radius 2 is 1.83 bits per heavy atom. The van der Waals surface area contributed by atoms with Crippen molar-refractivity contribution in [2.45, 2.75) is 13.5 Å². The van der Waals surface area contributed by atoms with Gasteiger partial charge in [-0.3, -0.25) is 5.43 Å². The molecule has 0 aromatic heterocycles. The van der Waals surface area contributed by atoms with Crippen LogP contribution < -0.4 is 14.9 Å². The van der Waals surface area contributed by atoms with Crippen LogP contribution in [-0.4, -0.2) is 13.3 Å². The summed E-state index contributed by atoms with van der Waals surface area (Å²) in [5, 5.41) is 5.65. The summed E-state index contributed by atoms with van der Waals surface area (Å²) in [6.07, 6.45) is 1.70. The van der Waals surface area contributed by atoms with E-state index in [2.05, 4.69) is 26.5 Å². The molecule has 0 saturated carbocycles. The Balaban J connectivity index is 1.75. The maximum absolute atomic E-state index is 6.20. The number of hydrogen-bond donors (Lipinski definition) is 1. The van der Waals surface area contributed by atoms with Crippen molar-refractivity contribution in [2.75, 3.05) is 12.5 Å². The van der Waals surface area contributed by atoms with E-state index >= 15 is 0 Å². The number of hydrogen-bond acceptors (Lipinski definition) is 4. The Bertz CT molecular complexity index is 1040. The van der Waals surface area contributed by atoms with Crippen LogP contribution in [0.25, 0.3) is 0 Å². The fraction of sp³-hybridized carbons (Fsp3) is 0.136. The maximum Gasteiger partial charge on any atom is 0.175 e. The summed E-state index contributed by atoms with van der Waals surface area (Å²) in [5.41, 5.74) is 6.53. The lowest BCUT2D eigenvalue weighted by atomic mass is 10.2. The zero-order chi connectivity index (χ0) is 20.8. The van der Waals surface area contributed by atoms with Gasteiger partial charge < -0.3 is 9.47 Å². The van der Waals surface area contributed by atoms with E-state index in [9.17, 15) is 0 Å². The minimum Gasteiger partial charge on any atom is -0.493 e. The van der Waals surface area contributed by atoms with Gasteiger partial charge in [-0.2, -0.15) is 5.10 Å². The van der Waals surface area contributed by atoms with Gasteiger partial charge in [-0.25, -0.2) is 0 Å². The summed E-state index contributed by atoms with van der Waals surface area (Å²) in [6.45, 7) is 2.27. The first-order valence-electron chi connectivity index (χ1n) is 8.77. The topological polar surface area (TPSA) is 42.8 Å². The molecular weight excluding hydrogens is 475 g/mol. The molecule has 7 heteroatoms. The van der Waals surface area contributed by atoms with Crippen LogP contribution in [0.15, 0.2) is 64.2 Å². The third kappa shape index (κ3) is 5.44. The summed E-state index contributed by atoms with van der Waals surface area (Å²) in [4.78, 5) is 0. The highest BCUT2D eigenvalue weighted by Gasteiger charge is 2.12. The first-order valence-corrected chi connectivity index (χ1v) is 10.3. The van der Waals surface area contributed by atoms with Crippen LogP contribution >= 0.6 is 39.1 Å². The molecule has 0 unspecified atom stereocenters. The first kappa shape index (κ1) is 21.5. The molecule has 0 spiro atoms. The van der Waals surface area contributed by atoms with E-state index in [-0.39, 0.29) is 0 Å². The van der Waals surface area contributed by atoms with Crippen LogP contribution in [0.2, 0.25) is 10.0 Å². The molecule has 0 fully saturated rings. The zero-order valence-electron chi connectivity index (χ0n) is 15.9. The molecule has 3 aromatic carbocycles. The van der Waals surface area contributed by atoms with Gasteiger partial charge in [0.25, 0.3) is 0 Å². The third-order valence-electron chi connectivity index (χ3n) is 4.25. The van der Waals surface area contributed by atoms with Crippen LogP contribution in [0.1, 0.15) is 16.7 Å². The van der Waals surface area contributed by atoms with Gasteiger partial charge in [0.1, 0.15) is 6.61 Å². The minimum atomic E-state index is 0.331. The summed E-state index contributed by atoms with van der Waals surface area (Å²) in [7, 11) is 1.60. The molecule has 0 radical (unpaired) electrons. The molecule has 3 aromatic rings. The summed E-state index contributed by atoms with van der Waals surface area (Å²) >= 11 is 15.9. The van der Waals surface area contributed by atoms with Gasteiger partial charge >= 0.3 is 0 Å². The second-order valence-corrected chi connectivity index (χ2v) is 7.87. The zero-order valence-corrected chi connectivity index (χ0v) is 19.0. The molecule has 150 valence electrons. The highest BCUT2D eigenvalue weighted by atomic mass is 79.9. The Morgan fingerprint density at radius 3 is 2.59 bits per heavy atom. The van der Waals surface area contributed by atoms with Gasteiger partial charge in [0.05, 0.1) is 23.5 Å². The van der Waals surface area contributed by atoms with Gasteiger partial charge in [0.2, 0.25) is 0 Å². The van der Waals surface area contributed by atoms with Gasteiger partial charge in [-0.05, 0) is 64.3 Å². The number of nitrogens with zero attached hydrogens (tertiary/aromatic N) is 1. The molecule has 0 bridgehead atoms. The highest BCUT2D eigenvalue weighted by Crippen LogP contribution is 2.37. The van der Waals surface area contributed by atoms with Crippen molar-refractivity contribution in [1.82, 2.24) is 0 Å². The number of halogens is 3. The van der Waals surface area contributed by atoms with Crippen LogP contribution in [0.5, 0.6) is 11.5 Å². The van der Waals surface area contributed by atoms with E-state index in [1.165, 1.54) is 0 Å². The Kier molecular flexibility index (Phi) is 7.42. The minimum absolute atomic E-state index is 0.331. The number of anilines is 1. The van der Waals surface area contributed by atoms with Crippen LogP contribution in [0.3, 0.4) is 0 Å². The van der Waals surface area contributed by atoms with E-state index in [0.29, 0.717) is 28.2 Å². The second-order valence-electron chi connectivity index (χ2n) is 6.20. The van der Waals surface area contributed by atoms with Crippen LogP contribution in [0.4, 0.5) is 5.69 Å². The first-order chi connectivity index (χ1) is 14.0. The van der Waals surface area contributed by atoms with Crippen molar-refractivity contribution in [3.05, 3.63) is 85.8 Å². The molecule has 4 nitrogen and oxygen atoms in total. The lowest BCUT2D eigenvalue weighted by Crippen LogP contribution is -2.00. The molecule has 0 atom stereocenters. The fourth-order valence-electron chi connectivity index (χ4n) is 2.62. The van der Waals surface area contributed by atoms with Gasteiger partial charge in [-0.1, -0.05) is 47.5 Å². The standard InChI is InChI=1S/C22H19BrCl2N2O2/c1-14-18(24)8-5-9-20(14)27-26-12-15-10-17(23)22(21(11-15)28-2)29-13-16-6-3-4-7-19(16)25/h3-12,27H,13H2,1-2H3. The van der Waals surface area contributed by atoms with Crippen molar-refractivity contribution in [1.29, 1.82) is 0 Å². The molecule has 0 amide bonds. The molecule has 0 aliphatic rings. The highest BCUT2D eigenvalue weighted by molar-refractivity contribution is 9.10. The van der Waals surface area contributed by atoms with Crippen LogP contribution in [-0.2, 0) is 6.61 Å². The average Bonchev–Trinajstić information content (AvgIpc) is 2.71. The van der Waals surface area contributed by atoms with Crippen molar-refractivity contribution in [3.8, 4) is 11.5 Å². The Hall–Kier alpha value is -2.21. The average molecular weight is 494 g/mol. The van der Waals surface area contributed by atoms with E-state index < -0.39 is 0 Å². The fourth-order valence-corrected chi connectivity index (χ4v) is 3.56. The molecular formula is C22H19BrCl2N2O2. The lowest BCUT2D eigenvalue weighted by Gasteiger charge is -2.14. The van der Waals surface area contributed by atoms with E-state index in [1.807, 2.05) is 61.5 Å². The molecule has 0 aliphatic carbocycles. The van der Waals surface area contributed by atoms with Crippen molar-refractivity contribution >= 4 is 51.0 Å². The van der Waals surface area contributed by atoms with E-state index in [4.69, 9.17) is 32.7 Å². The molecule has 1 N–H and O–H groups in total. The molecule has 0 aliphatic heterocycles. The smallest absolute Gasteiger partial charge is 0.175 e. The number of nitrogens with one attached hydrogen (secondary N) is 1. The monoisotopic (exact) mass is 492 g/mol. The summed E-state index contributed by atoms with van der Waals surface area (Å²) in [6, 6.07) is 16.9. The normalized spacial score (nSPS) is 10.9. The number of ether oxygens (including phenoxy) is 2. The quantitative estimate of drug-likeness (QED) is 0.282. The maximum atomic E-state index is 6.20. The number of hydrazone groups is 1. The molecule has 0 saturated heterocycles. The van der Waals surface area contributed by atoms with Crippen molar-refractivity contribution in [3.63, 3.8) is 0 Å². The number of benzene rings is 3. The molecule has 3 rings (SSSR count). The summed E-state index contributed by atoms with van der Waals surface area (Å²) < 4.78 is 12.2. The van der Waals surface area contributed by atoms with Crippen molar-refractivity contribution < 1.29 is 9.47 Å². The molecule has 0 heterocycles. The van der Waals surface area contributed by atoms with E-state index in [1.54, 1.807) is 13.3 Å².